The predicted octanol–water partition coefficient (Wildman–Crippen LogP) is 3.11. The van der Waals surface area contributed by atoms with E-state index in [1.54, 1.807) is 0 Å². The van der Waals surface area contributed by atoms with Crippen LogP contribution < -0.4 is 16.0 Å². The SMILES string of the molecule is O=C(NCC1NCCc2ccccc21)c1ccc(CNC(=O)C2CCCC2)cc1. The lowest BCUT2D eigenvalue weighted by Gasteiger charge is -2.27. The molecule has 0 radical (unpaired) electrons. The van der Waals surface area contributed by atoms with Crippen LogP contribution in [-0.4, -0.2) is 24.9 Å². The number of hydrogen-bond donors (Lipinski definition) is 3. The first-order valence-corrected chi connectivity index (χ1v) is 10.7. The largest absolute Gasteiger partial charge is 0.352 e. The van der Waals surface area contributed by atoms with Crippen LogP contribution in [0.2, 0.25) is 0 Å². The van der Waals surface area contributed by atoms with Gasteiger partial charge in [0.2, 0.25) is 5.91 Å². The zero-order chi connectivity index (χ0) is 20.1. The Labute approximate surface area is 172 Å². The highest BCUT2D eigenvalue weighted by molar-refractivity contribution is 5.94. The van der Waals surface area contributed by atoms with E-state index >= 15 is 0 Å². The number of nitrogens with one attached hydrogen (secondary N) is 3. The van der Waals surface area contributed by atoms with Crippen molar-refractivity contribution >= 4 is 11.8 Å². The van der Waals surface area contributed by atoms with Gasteiger partial charge in [0.25, 0.3) is 5.91 Å². The topological polar surface area (TPSA) is 70.2 Å². The molecule has 1 unspecified atom stereocenters. The smallest absolute Gasteiger partial charge is 0.251 e. The molecule has 0 bridgehead atoms. The standard InChI is InChI=1S/C24H29N3O2/c28-23(19-6-1-2-7-19)26-15-17-9-11-20(12-10-17)24(29)27-16-22-21-8-4-3-5-18(21)13-14-25-22/h3-5,8-12,19,22,25H,1-2,6-7,13-16H2,(H,26,28)(H,27,29). The van der Waals surface area contributed by atoms with E-state index in [0.29, 0.717) is 18.7 Å². The molecule has 5 nitrogen and oxygen atoms in total. The van der Waals surface area contributed by atoms with Gasteiger partial charge in [0, 0.05) is 30.6 Å². The van der Waals surface area contributed by atoms with Gasteiger partial charge in [-0.25, -0.2) is 0 Å². The maximum Gasteiger partial charge on any atom is 0.251 e. The highest BCUT2D eigenvalue weighted by Gasteiger charge is 2.22. The van der Waals surface area contributed by atoms with E-state index in [2.05, 4.69) is 34.1 Å². The Balaban J connectivity index is 1.28. The molecule has 1 heterocycles. The van der Waals surface area contributed by atoms with Crippen molar-refractivity contribution < 1.29 is 9.59 Å². The van der Waals surface area contributed by atoms with Crippen LogP contribution >= 0.6 is 0 Å². The number of carbonyl (C=O) groups is 2. The quantitative estimate of drug-likeness (QED) is 0.709. The van der Waals surface area contributed by atoms with E-state index in [1.807, 2.05) is 30.3 Å². The summed E-state index contributed by atoms with van der Waals surface area (Å²) in [7, 11) is 0. The normalized spacial score (nSPS) is 18.8. The van der Waals surface area contributed by atoms with Gasteiger partial charge in [0.05, 0.1) is 0 Å². The fourth-order valence-electron chi connectivity index (χ4n) is 4.37. The van der Waals surface area contributed by atoms with Gasteiger partial charge in [-0.05, 0) is 54.6 Å². The minimum atomic E-state index is -0.0728. The molecule has 5 heteroatoms. The molecular formula is C24H29N3O2. The average Bonchev–Trinajstić information content (AvgIpc) is 3.31. The third-order valence-corrected chi connectivity index (χ3v) is 6.09. The summed E-state index contributed by atoms with van der Waals surface area (Å²) in [5.41, 5.74) is 4.28. The number of amides is 2. The Bertz CT molecular complexity index is 857. The molecule has 2 aliphatic rings. The Morgan fingerprint density at radius 2 is 1.72 bits per heavy atom. The summed E-state index contributed by atoms with van der Waals surface area (Å²) in [6, 6.07) is 16.0. The van der Waals surface area contributed by atoms with Gasteiger partial charge in [-0.15, -0.1) is 0 Å². The van der Waals surface area contributed by atoms with Gasteiger partial charge in [-0.1, -0.05) is 49.2 Å². The molecule has 3 N–H and O–H groups in total. The first-order chi connectivity index (χ1) is 14.2. The van der Waals surface area contributed by atoms with Crippen LogP contribution in [0.25, 0.3) is 0 Å². The maximum absolute atomic E-state index is 12.5. The maximum atomic E-state index is 12.5. The summed E-state index contributed by atoms with van der Waals surface area (Å²) in [6.45, 7) is 2.01. The second-order valence-corrected chi connectivity index (χ2v) is 8.06. The number of fused-ring (bicyclic) bond motifs is 1. The molecule has 29 heavy (non-hydrogen) atoms. The lowest BCUT2D eigenvalue weighted by Crippen LogP contribution is -2.38. The van der Waals surface area contributed by atoms with Crippen molar-refractivity contribution in [3.8, 4) is 0 Å². The third kappa shape index (κ3) is 4.85. The molecule has 0 spiro atoms. The first kappa shape index (κ1) is 19.6. The monoisotopic (exact) mass is 391 g/mol. The molecular weight excluding hydrogens is 362 g/mol. The van der Waals surface area contributed by atoms with E-state index < -0.39 is 0 Å². The van der Waals surface area contributed by atoms with Crippen molar-refractivity contribution in [1.82, 2.24) is 16.0 Å². The zero-order valence-corrected chi connectivity index (χ0v) is 16.7. The lowest BCUT2D eigenvalue weighted by molar-refractivity contribution is -0.124. The Kier molecular flexibility index (Phi) is 6.25. The Morgan fingerprint density at radius 3 is 2.52 bits per heavy atom. The molecule has 2 aromatic carbocycles. The van der Waals surface area contributed by atoms with Crippen LogP contribution in [0, 0.1) is 5.92 Å². The highest BCUT2D eigenvalue weighted by atomic mass is 16.2. The van der Waals surface area contributed by atoms with Crippen molar-refractivity contribution in [2.24, 2.45) is 5.92 Å². The van der Waals surface area contributed by atoms with Crippen LogP contribution in [0.3, 0.4) is 0 Å². The minimum Gasteiger partial charge on any atom is -0.352 e. The summed E-state index contributed by atoms with van der Waals surface area (Å²) in [6.07, 6.45) is 5.35. The number of hydrogen-bond acceptors (Lipinski definition) is 3. The van der Waals surface area contributed by atoms with Gasteiger partial charge in [-0.2, -0.15) is 0 Å². The van der Waals surface area contributed by atoms with Gasteiger partial charge >= 0.3 is 0 Å². The van der Waals surface area contributed by atoms with Crippen LogP contribution in [0.15, 0.2) is 48.5 Å². The highest BCUT2D eigenvalue weighted by Crippen LogP contribution is 2.25. The number of benzene rings is 2. The predicted molar refractivity (Wildman–Crippen MR) is 113 cm³/mol. The minimum absolute atomic E-state index is 0.0728. The second-order valence-electron chi connectivity index (χ2n) is 8.06. The van der Waals surface area contributed by atoms with E-state index in [-0.39, 0.29) is 23.8 Å². The summed E-state index contributed by atoms with van der Waals surface area (Å²) in [4.78, 5) is 24.7. The molecule has 1 aliphatic carbocycles. The van der Waals surface area contributed by atoms with Gasteiger partial charge in [0.15, 0.2) is 0 Å². The molecule has 0 saturated heterocycles. The van der Waals surface area contributed by atoms with E-state index in [0.717, 1.165) is 44.2 Å². The molecule has 2 aromatic rings. The van der Waals surface area contributed by atoms with Crippen molar-refractivity contribution in [2.45, 2.75) is 44.7 Å². The second kappa shape index (κ2) is 9.23. The van der Waals surface area contributed by atoms with Crippen molar-refractivity contribution in [1.29, 1.82) is 0 Å². The summed E-state index contributed by atoms with van der Waals surface area (Å²) in [5.74, 6) is 0.263. The summed E-state index contributed by atoms with van der Waals surface area (Å²) >= 11 is 0. The van der Waals surface area contributed by atoms with E-state index in [4.69, 9.17) is 0 Å². The Hall–Kier alpha value is -2.66. The van der Waals surface area contributed by atoms with E-state index in [1.165, 1.54) is 11.1 Å². The number of carbonyl (C=O) groups excluding carboxylic acids is 2. The fraction of sp³-hybridized carbons (Fsp3) is 0.417. The molecule has 1 aliphatic heterocycles. The van der Waals surface area contributed by atoms with Gasteiger partial charge in [-0.3, -0.25) is 9.59 Å². The van der Waals surface area contributed by atoms with Crippen LogP contribution in [-0.2, 0) is 17.8 Å². The molecule has 1 fully saturated rings. The van der Waals surface area contributed by atoms with Gasteiger partial charge < -0.3 is 16.0 Å². The molecule has 2 amide bonds. The van der Waals surface area contributed by atoms with Crippen LogP contribution in [0.4, 0.5) is 0 Å². The van der Waals surface area contributed by atoms with Crippen molar-refractivity contribution in [3.05, 3.63) is 70.8 Å². The average molecular weight is 392 g/mol. The summed E-state index contributed by atoms with van der Waals surface area (Å²) in [5, 5.41) is 9.55. The molecule has 0 aromatic heterocycles. The lowest BCUT2D eigenvalue weighted by atomic mass is 9.94. The first-order valence-electron chi connectivity index (χ1n) is 10.7. The third-order valence-electron chi connectivity index (χ3n) is 6.09. The fourth-order valence-corrected chi connectivity index (χ4v) is 4.37. The molecule has 152 valence electrons. The van der Waals surface area contributed by atoms with Gasteiger partial charge in [0.1, 0.15) is 0 Å². The zero-order valence-electron chi connectivity index (χ0n) is 16.7. The molecule has 4 rings (SSSR count). The summed E-state index contributed by atoms with van der Waals surface area (Å²) < 4.78 is 0. The number of rotatable bonds is 6. The van der Waals surface area contributed by atoms with Crippen LogP contribution in [0.5, 0.6) is 0 Å². The van der Waals surface area contributed by atoms with Crippen molar-refractivity contribution in [2.75, 3.05) is 13.1 Å². The molecule has 1 atom stereocenters. The van der Waals surface area contributed by atoms with Crippen LogP contribution in [0.1, 0.15) is 58.8 Å². The van der Waals surface area contributed by atoms with E-state index in [9.17, 15) is 9.59 Å². The van der Waals surface area contributed by atoms with Crippen molar-refractivity contribution in [3.63, 3.8) is 0 Å². The Morgan fingerprint density at radius 1 is 0.966 bits per heavy atom. The molecule has 1 saturated carbocycles.